The highest BCUT2D eigenvalue weighted by molar-refractivity contribution is 5.85. The fourth-order valence-electron chi connectivity index (χ4n) is 5.88. The molecular formula is C26H29N3O4. The van der Waals surface area contributed by atoms with Crippen molar-refractivity contribution in [3.05, 3.63) is 53.9 Å². The Morgan fingerprint density at radius 1 is 1.06 bits per heavy atom. The predicted molar refractivity (Wildman–Crippen MR) is 121 cm³/mol. The van der Waals surface area contributed by atoms with Gasteiger partial charge in [-0.05, 0) is 49.4 Å². The van der Waals surface area contributed by atoms with E-state index in [0.717, 1.165) is 63.3 Å². The smallest absolute Gasteiger partial charge is 0.231 e. The van der Waals surface area contributed by atoms with Gasteiger partial charge in [-0.3, -0.25) is 14.6 Å². The first kappa shape index (κ1) is 20.5. The van der Waals surface area contributed by atoms with E-state index >= 15 is 0 Å². The van der Waals surface area contributed by atoms with Gasteiger partial charge < -0.3 is 19.3 Å². The summed E-state index contributed by atoms with van der Waals surface area (Å²) in [7, 11) is 0. The molecule has 2 aromatic rings. The van der Waals surface area contributed by atoms with E-state index in [9.17, 15) is 9.59 Å². The Kier molecular flexibility index (Phi) is 5.00. The number of hydrogen-bond acceptors (Lipinski definition) is 5. The third-order valence-corrected chi connectivity index (χ3v) is 7.62. The maximum absolute atomic E-state index is 13.2. The largest absolute Gasteiger partial charge is 0.486 e. The molecule has 1 aromatic heterocycles. The van der Waals surface area contributed by atoms with Crippen molar-refractivity contribution < 1.29 is 19.1 Å². The molecule has 7 nitrogen and oxygen atoms in total. The lowest BCUT2D eigenvalue weighted by atomic mass is 9.77. The van der Waals surface area contributed by atoms with Gasteiger partial charge in [0.25, 0.3) is 0 Å². The van der Waals surface area contributed by atoms with Crippen molar-refractivity contribution in [1.29, 1.82) is 0 Å². The van der Waals surface area contributed by atoms with Crippen LogP contribution in [0, 0.1) is 5.41 Å². The van der Waals surface area contributed by atoms with E-state index in [1.165, 1.54) is 5.56 Å². The monoisotopic (exact) mass is 447 g/mol. The molecule has 172 valence electrons. The lowest BCUT2D eigenvalue weighted by molar-refractivity contribution is -0.145. The molecule has 0 saturated carbocycles. The van der Waals surface area contributed by atoms with Crippen LogP contribution < -0.4 is 9.47 Å². The average Bonchev–Trinajstić information content (AvgIpc) is 3.28. The highest BCUT2D eigenvalue weighted by Crippen LogP contribution is 2.42. The summed E-state index contributed by atoms with van der Waals surface area (Å²) in [6.45, 7) is 3.34. The summed E-state index contributed by atoms with van der Waals surface area (Å²) in [6.07, 6.45) is 5.72. The average molecular weight is 448 g/mol. The third-order valence-electron chi connectivity index (χ3n) is 7.62. The molecule has 1 aliphatic carbocycles. The van der Waals surface area contributed by atoms with Crippen molar-refractivity contribution in [3.8, 4) is 11.5 Å². The number of carbonyl (C=O) groups is 2. The van der Waals surface area contributed by atoms with E-state index in [0.29, 0.717) is 18.8 Å². The summed E-state index contributed by atoms with van der Waals surface area (Å²) < 4.78 is 11.7. The molecule has 0 N–H and O–H groups in total. The second-order valence-corrected chi connectivity index (χ2v) is 9.95. The second-order valence-electron chi connectivity index (χ2n) is 9.95. The maximum Gasteiger partial charge on any atom is 0.231 e. The Bertz CT molecular complexity index is 1080. The van der Waals surface area contributed by atoms with Crippen molar-refractivity contribution in [1.82, 2.24) is 14.8 Å². The lowest BCUT2D eigenvalue weighted by Gasteiger charge is -2.49. The fraction of sp³-hybridized carbons (Fsp3) is 0.500. The Labute approximate surface area is 193 Å². The van der Waals surface area contributed by atoms with Crippen LogP contribution in [0.25, 0.3) is 0 Å². The van der Waals surface area contributed by atoms with E-state index in [2.05, 4.69) is 11.1 Å². The Morgan fingerprint density at radius 3 is 2.76 bits per heavy atom. The number of benzene rings is 1. The predicted octanol–water partition coefficient (Wildman–Crippen LogP) is 2.79. The van der Waals surface area contributed by atoms with Crippen LogP contribution in [0.1, 0.15) is 42.9 Å². The van der Waals surface area contributed by atoms with Gasteiger partial charge >= 0.3 is 0 Å². The van der Waals surface area contributed by atoms with Crippen molar-refractivity contribution in [2.45, 2.75) is 44.1 Å². The fourth-order valence-corrected chi connectivity index (χ4v) is 5.88. The zero-order chi connectivity index (χ0) is 22.4. The minimum Gasteiger partial charge on any atom is -0.486 e. The van der Waals surface area contributed by atoms with Crippen molar-refractivity contribution in [2.75, 3.05) is 32.8 Å². The molecule has 2 amide bonds. The van der Waals surface area contributed by atoms with E-state index in [1.807, 2.05) is 40.1 Å². The van der Waals surface area contributed by atoms with Crippen LogP contribution >= 0.6 is 0 Å². The van der Waals surface area contributed by atoms with Crippen molar-refractivity contribution in [3.63, 3.8) is 0 Å². The number of hydrogen-bond donors (Lipinski definition) is 0. The van der Waals surface area contributed by atoms with Crippen molar-refractivity contribution in [2.24, 2.45) is 5.41 Å². The molecule has 0 radical (unpaired) electrons. The molecule has 33 heavy (non-hydrogen) atoms. The second kappa shape index (κ2) is 8.04. The summed E-state index contributed by atoms with van der Waals surface area (Å²) in [4.78, 5) is 34.7. The first-order valence-electron chi connectivity index (χ1n) is 12.0. The number of pyridine rings is 1. The number of aryl methyl sites for hydroxylation is 1. The van der Waals surface area contributed by atoms with Crippen LogP contribution in [-0.4, -0.2) is 65.5 Å². The minimum atomic E-state index is -0.262. The number of carbonyl (C=O) groups excluding carboxylic acids is 2. The van der Waals surface area contributed by atoms with Crippen LogP contribution in [-0.2, 0) is 16.0 Å². The number of likely N-dealkylation sites (tertiary alicyclic amines) is 2. The first-order valence-corrected chi connectivity index (χ1v) is 12.0. The summed E-state index contributed by atoms with van der Waals surface area (Å²) in [5.41, 5.74) is 2.23. The molecule has 1 spiro atoms. The topological polar surface area (TPSA) is 72.0 Å². The van der Waals surface area contributed by atoms with Crippen LogP contribution in [0.5, 0.6) is 11.5 Å². The van der Waals surface area contributed by atoms with Gasteiger partial charge in [0, 0.05) is 37.8 Å². The summed E-state index contributed by atoms with van der Waals surface area (Å²) in [5.74, 6) is 1.63. The Morgan fingerprint density at radius 2 is 1.88 bits per heavy atom. The molecule has 7 heteroatoms. The van der Waals surface area contributed by atoms with E-state index in [4.69, 9.17) is 9.47 Å². The maximum atomic E-state index is 13.2. The third kappa shape index (κ3) is 3.73. The number of para-hydroxylation sites is 2. The number of amides is 2. The Balaban J connectivity index is 1.03. The Hall–Kier alpha value is -3.09. The van der Waals surface area contributed by atoms with Crippen LogP contribution in [0.2, 0.25) is 0 Å². The summed E-state index contributed by atoms with van der Waals surface area (Å²) >= 11 is 0. The van der Waals surface area contributed by atoms with Crippen molar-refractivity contribution >= 4 is 11.8 Å². The zero-order valence-electron chi connectivity index (χ0n) is 18.7. The number of nitrogens with zero attached hydrogens (tertiary/aromatic N) is 3. The molecule has 0 bridgehead atoms. The van der Waals surface area contributed by atoms with E-state index in [1.54, 1.807) is 6.20 Å². The van der Waals surface area contributed by atoms with Gasteiger partial charge in [-0.1, -0.05) is 18.2 Å². The van der Waals surface area contributed by atoms with Gasteiger partial charge in [0.15, 0.2) is 11.5 Å². The van der Waals surface area contributed by atoms with E-state index in [-0.39, 0.29) is 29.3 Å². The minimum absolute atomic E-state index is 0.0451. The molecule has 4 heterocycles. The number of aromatic nitrogens is 1. The van der Waals surface area contributed by atoms with Gasteiger partial charge in [-0.25, -0.2) is 0 Å². The summed E-state index contributed by atoms with van der Waals surface area (Å²) in [5, 5.41) is 0. The van der Waals surface area contributed by atoms with Gasteiger partial charge in [0.2, 0.25) is 11.8 Å². The van der Waals surface area contributed by atoms with E-state index < -0.39 is 0 Å². The number of fused-ring (bicyclic) bond motifs is 2. The first-order chi connectivity index (χ1) is 16.1. The normalized spacial score (nSPS) is 24.8. The standard InChI is InChI=1S/C26H29N3O4/c30-23(13-19-14-32-21-8-1-2-9-22(21)33-19)28-12-10-26(15-28)16-29(17-26)25(31)20-7-3-5-18-6-4-11-27-24(18)20/h1-2,4,6,8-9,11,19-20H,3,5,7,10,12-17H2. The highest BCUT2D eigenvalue weighted by Gasteiger charge is 2.51. The van der Waals surface area contributed by atoms with Gasteiger partial charge in [-0.2, -0.15) is 0 Å². The molecule has 1 aromatic carbocycles. The zero-order valence-corrected chi connectivity index (χ0v) is 18.7. The van der Waals surface area contributed by atoms with Crippen LogP contribution in [0.15, 0.2) is 42.6 Å². The number of rotatable bonds is 3. The molecule has 2 unspecified atom stereocenters. The quantitative estimate of drug-likeness (QED) is 0.724. The van der Waals surface area contributed by atoms with Gasteiger partial charge in [-0.15, -0.1) is 0 Å². The lowest BCUT2D eigenvalue weighted by Crippen LogP contribution is -2.60. The molecule has 4 aliphatic rings. The molecule has 6 rings (SSSR count). The molecule has 2 atom stereocenters. The molecular weight excluding hydrogens is 418 g/mol. The highest BCUT2D eigenvalue weighted by atomic mass is 16.6. The summed E-state index contributed by atoms with van der Waals surface area (Å²) in [6, 6.07) is 11.6. The number of ether oxygens (including phenoxy) is 2. The van der Waals surface area contributed by atoms with Crippen LogP contribution in [0.3, 0.4) is 0 Å². The van der Waals surface area contributed by atoms with Gasteiger partial charge in [0.05, 0.1) is 18.0 Å². The molecule has 2 saturated heterocycles. The van der Waals surface area contributed by atoms with Crippen LogP contribution in [0.4, 0.5) is 0 Å². The SMILES string of the molecule is O=C(CC1COc2ccccc2O1)N1CCC2(C1)CN(C(=O)C1CCCc3cccnc31)C2. The molecule has 3 aliphatic heterocycles. The molecule has 2 fully saturated rings. The van der Waals surface area contributed by atoms with Gasteiger partial charge in [0.1, 0.15) is 12.7 Å².